The van der Waals surface area contributed by atoms with E-state index in [0.717, 1.165) is 11.1 Å². The van der Waals surface area contributed by atoms with Gasteiger partial charge < -0.3 is 4.90 Å². The Morgan fingerprint density at radius 2 is 1.65 bits per heavy atom. The van der Waals surface area contributed by atoms with Gasteiger partial charge in [0.25, 0.3) is 0 Å². The summed E-state index contributed by atoms with van der Waals surface area (Å²) in [4.78, 5) is 15.5. The largest absolute Gasteiger partial charge is 0.300 e. The molecule has 0 bridgehead atoms. The molecule has 2 heteroatoms. The Morgan fingerprint density at radius 3 is 2.41 bits per heavy atom. The van der Waals surface area contributed by atoms with Crippen LogP contribution < -0.4 is 0 Å². The van der Waals surface area contributed by atoms with E-state index in [1.807, 2.05) is 56.3 Å². The molecule has 1 saturated heterocycles. The van der Waals surface area contributed by atoms with Gasteiger partial charge in [-0.2, -0.15) is 0 Å². The summed E-state index contributed by atoms with van der Waals surface area (Å²) >= 11 is 0. The lowest BCUT2D eigenvalue weighted by Gasteiger charge is -2.46. The third kappa shape index (κ3) is 5.09. The fraction of sp³-hybridized carbons (Fsp3) is 0.400. The smallest absolute Gasteiger partial charge is 0.167 e. The first-order valence-electron chi connectivity index (χ1n) is 14.3. The van der Waals surface area contributed by atoms with Gasteiger partial charge in [-0.3, -0.25) is 4.79 Å². The number of likely N-dealkylation sites (tertiary alicyclic amines) is 1. The number of hydrogen-bond acceptors (Lipinski definition) is 2. The van der Waals surface area contributed by atoms with Gasteiger partial charge in [0.2, 0.25) is 0 Å². The normalized spacial score (nSPS) is 26.5. The number of nitrogens with zero attached hydrogens (tertiary/aromatic N) is 1. The predicted octanol–water partition coefficient (Wildman–Crippen LogP) is 8.08. The summed E-state index contributed by atoms with van der Waals surface area (Å²) in [6.07, 6.45) is 10.3. The molecule has 192 valence electrons. The van der Waals surface area contributed by atoms with Crippen molar-refractivity contribution in [3.05, 3.63) is 113 Å². The van der Waals surface area contributed by atoms with Crippen molar-refractivity contribution in [1.29, 1.82) is 0 Å². The third-order valence-corrected chi connectivity index (χ3v) is 9.06. The van der Waals surface area contributed by atoms with Crippen LogP contribution >= 0.6 is 0 Å². The Morgan fingerprint density at radius 1 is 0.919 bits per heavy atom. The molecule has 3 aromatic carbocycles. The van der Waals surface area contributed by atoms with Crippen molar-refractivity contribution in [3.8, 4) is 0 Å². The van der Waals surface area contributed by atoms with E-state index < -0.39 is 0 Å². The molecular weight excluding hydrogens is 450 g/mol. The first kappa shape index (κ1) is 25.7. The zero-order valence-corrected chi connectivity index (χ0v) is 22.7. The van der Waals surface area contributed by atoms with E-state index in [0.29, 0.717) is 24.3 Å². The Labute approximate surface area is 223 Å². The van der Waals surface area contributed by atoms with Gasteiger partial charge in [-0.15, -0.1) is 0 Å². The van der Waals surface area contributed by atoms with Crippen LogP contribution in [0.4, 0.5) is 0 Å². The van der Waals surface area contributed by atoms with Crippen LogP contribution in [-0.4, -0.2) is 29.8 Å². The minimum absolute atomic E-state index is 0.200. The van der Waals surface area contributed by atoms with E-state index in [1.165, 1.54) is 49.9 Å². The molecule has 0 N–H and O–H groups in total. The number of allylic oxidation sites excluding steroid dienone is 1. The number of benzene rings is 3. The quantitative estimate of drug-likeness (QED) is 0.336. The molecule has 1 saturated carbocycles. The van der Waals surface area contributed by atoms with Gasteiger partial charge in [-0.25, -0.2) is 0 Å². The zero-order valence-electron chi connectivity index (χ0n) is 22.7. The molecule has 1 aliphatic heterocycles. The molecule has 0 radical (unpaired) electrons. The van der Waals surface area contributed by atoms with Crippen LogP contribution in [-0.2, 0) is 11.8 Å². The summed E-state index contributed by atoms with van der Waals surface area (Å²) < 4.78 is 0. The van der Waals surface area contributed by atoms with Crippen molar-refractivity contribution in [2.75, 3.05) is 13.1 Å². The highest BCUT2D eigenvalue weighted by Crippen LogP contribution is 2.48. The van der Waals surface area contributed by atoms with Gasteiger partial charge in [-0.1, -0.05) is 112 Å². The first-order valence-corrected chi connectivity index (χ1v) is 14.3. The zero-order chi connectivity index (χ0) is 25.8. The lowest BCUT2D eigenvalue weighted by Crippen LogP contribution is -2.50. The van der Waals surface area contributed by atoms with Crippen LogP contribution in [0.25, 0.3) is 6.08 Å². The van der Waals surface area contributed by atoms with Crippen molar-refractivity contribution in [1.82, 2.24) is 4.90 Å². The van der Waals surface area contributed by atoms with E-state index in [-0.39, 0.29) is 11.2 Å². The molecule has 4 atom stereocenters. The molecule has 3 aromatic rings. The van der Waals surface area contributed by atoms with Crippen molar-refractivity contribution in [3.63, 3.8) is 0 Å². The van der Waals surface area contributed by atoms with E-state index in [9.17, 15) is 4.79 Å². The molecule has 2 aliphatic carbocycles. The fourth-order valence-corrected chi connectivity index (χ4v) is 6.97. The number of carbonyl (C=O) groups is 1. The van der Waals surface area contributed by atoms with Gasteiger partial charge in [0.05, 0.1) is 0 Å². The number of piperidine rings is 1. The maximum Gasteiger partial charge on any atom is 0.167 e. The highest BCUT2D eigenvalue weighted by atomic mass is 16.1. The summed E-state index contributed by atoms with van der Waals surface area (Å²) in [6, 6.07) is 28.2. The summed E-state index contributed by atoms with van der Waals surface area (Å²) in [7, 11) is 0. The number of ketones is 1. The van der Waals surface area contributed by atoms with E-state index >= 15 is 0 Å². The second-order valence-corrected chi connectivity index (χ2v) is 11.0. The van der Waals surface area contributed by atoms with Crippen LogP contribution in [0, 0.1) is 5.92 Å². The van der Waals surface area contributed by atoms with Gasteiger partial charge in [0.1, 0.15) is 0 Å². The molecule has 2 nitrogen and oxygen atoms in total. The molecule has 37 heavy (non-hydrogen) atoms. The fourth-order valence-electron chi connectivity index (χ4n) is 6.97. The lowest BCUT2D eigenvalue weighted by atomic mass is 9.68. The molecule has 2 fully saturated rings. The molecule has 0 amide bonds. The van der Waals surface area contributed by atoms with Crippen molar-refractivity contribution < 1.29 is 4.79 Å². The minimum atomic E-state index is 0.200. The second kappa shape index (κ2) is 11.2. The Bertz CT molecular complexity index is 1230. The predicted molar refractivity (Wildman–Crippen MR) is 155 cm³/mol. The van der Waals surface area contributed by atoms with E-state index in [1.54, 1.807) is 5.56 Å². The lowest BCUT2D eigenvalue weighted by molar-refractivity contribution is 0.0898. The highest BCUT2D eigenvalue weighted by Gasteiger charge is 2.45. The maximum absolute atomic E-state index is 12.7. The highest BCUT2D eigenvalue weighted by molar-refractivity contribution is 5.97. The van der Waals surface area contributed by atoms with Crippen LogP contribution in [0.2, 0.25) is 0 Å². The minimum Gasteiger partial charge on any atom is -0.300 e. The van der Waals surface area contributed by atoms with Crippen molar-refractivity contribution in [2.45, 2.75) is 70.3 Å². The average Bonchev–Trinajstić information content (AvgIpc) is 3.59. The monoisotopic (exact) mass is 491 g/mol. The average molecular weight is 492 g/mol. The summed E-state index contributed by atoms with van der Waals surface area (Å²) in [5.41, 5.74) is 6.49. The molecule has 1 heterocycles. The SMILES string of the molecule is CC.CC1CN(C2CCC(c3ccc(C(=O)Cc4ccccc4)cc3)C2)CCC12C=Cc1ccccc12. The number of rotatable bonds is 5. The van der Waals surface area contributed by atoms with Crippen molar-refractivity contribution >= 4 is 11.9 Å². The molecule has 6 rings (SSSR count). The molecule has 4 unspecified atom stereocenters. The summed E-state index contributed by atoms with van der Waals surface area (Å²) in [5.74, 6) is 1.44. The van der Waals surface area contributed by atoms with Crippen LogP contribution in [0.3, 0.4) is 0 Å². The van der Waals surface area contributed by atoms with Gasteiger partial charge in [0, 0.05) is 30.0 Å². The Balaban J connectivity index is 0.00000137. The first-order chi connectivity index (χ1) is 18.1. The third-order valence-electron chi connectivity index (χ3n) is 9.06. The topological polar surface area (TPSA) is 20.3 Å². The van der Waals surface area contributed by atoms with E-state index in [4.69, 9.17) is 0 Å². The number of hydrogen-bond donors (Lipinski definition) is 0. The molecular formula is C35H41NO. The summed E-state index contributed by atoms with van der Waals surface area (Å²) in [6.45, 7) is 8.83. The molecule has 1 spiro atoms. The van der Waals surface area contributed by atoms with E-state index in [2.05, 4.69) is 60.4 Å². The van der Waals surface area contributed by atoms with Crippen LogP contribution in [0.15, 0.2) is 84.9 Å². The van der Waals surface area contributed by atoms with Crippen LogP contribution in [0.5, 0.6) is 0 Å². The van der Waals surface area contributed by atoms with Gasteiger partial charge >= 0.3 is 0 Å². The second-order valence-electron chi connectivity index (χ2n) is 11.0. The standard InChI is InChI=1S/C33H35NO.C2H6/c1-24-23-34(20-19-33(24)18-17-27-9-5-6-10-31(27)33)30-16-15-29(22-30)26-11-13-28(14-12-26)32(35)21-25-7-3-2-4-8-25;1-2/h2-14,17-18,24,29-30H,15-16,19-23H2,1H3;1-2H3. The number of Topliss-reactive ketones (excluding diaryl/α,β-unsaturated/α-hetero) is 1. The van der Waals surface area contributed by atoms with Crippen molar-refractivity contribution in [2.24, 2.45) is 5.92 Å². The Kier molecular flexibility index (Phi) is 7.76. The number of fused-ring (bicyclic) bond motifs is 2. The maximum atomic E-state index is 12.7. The molecule has 3 aliphatic rings. The molecule has 0 aromatic heterocycles. The number of carbonyl (C=O) groups excluding carboxylic acids is 1. The Hall–Kier alpha value is -2.97. The summed E-state index contributed by atoms with van der Waals surface area (Å²) in [5, 5.41) is 0. The van der Waals surface area contributed by atoms with Gasteiger partial charge in [0.15, 0.2) is 5.78 Å². The van der Waals surface area contributed by atoms with Crippen LogP contribution in [0.1, 0.15) is 85.0 Å². The van der Waals surface area contributed by atoms with Gasteiger partial charge in [-0.05, 0) is 66.3 Å².